The van der Waals surface area contributed by atoms with E-state index >= 15 is 0 Å². The number of amides is 1. The molecular formula is C17H14N4O2. The number of carbonyl (C=O) groups is 1. The van der Waals surface area contributed by atoms with Gasteiger partial charge in [-0.3, -0.25) is 15.1 Å². The summed E-state index contributed by atoms with van der Waals surface area (Å²) in [6.07, 6.45) is 1.50. The van der Waals surface area contributed by atoms with E-state index in [0.717, 1.165) is 0 Å². The van der Waals surface area contributed by atoms with Crippen LogP contribution in [0.2, 0.25) is 0 Å². The van der Waals surface area contributed by atoms with E-state index in [1.807, 2.05) is 18.2 Å². The highest BCUT2D eigenvalue weighted by atomic mass is 16.3. The van der Waals surface area contributed by atoms with Crippen LogP contribution in [0.4, 0.5) is 5.69 Å². The summed E-state index contributed by atoms with van der Waals surface area (Å²) in [5.41, 5.74) is 7.35. The van der Waals surface area contributed by atoms with Crippen LogP contribution in [0.25, 0.3) is 10.9 Å². The monoisotopic (exact) mass is 306 g/mol. The van der Waals surface area contributed by atoms with Crippen LogP contribution in [0.1, 0.15) is 10.4 Å². The zero-order valence-electron chi connectivity index (χ0n) is 12.1. The number of rotatable bonds is 2. The second kappa shape index (κ2) is 6.15. The molecule has 0 saturated carbocycles. The first-order valence-electron chi connectivity index (χ1n) is 6.92. The molecule has 0 spiro atoms. The van der Waals surface area contributed by atoms with Crippen molar-refractivity contribution in [3.05, 3.63) is 66.4 Å². The predicted octanol–water partition coefficient (Wildman–Crippen LogP) is 2.32. The summed E-state index contributed by atoms with van der Waals surface area (Å²) in [6.45, 7) is 0. The summed E-state index contributed by atoms with van der Waals surface area (Å²) in [6, 6.07) is 15.3. The minimum atomic E-state index is -0.389. The van der Waals surface area contributed by atoms with Gasteiger partial charge in [-0.2, -0.15) is 0 Å². The SMILES string of the molecule is NC(=Nc1ccccc1)NC(=O)c1ccnc2cc(O)ccc12. The van der Waals surface area contributed by atoms with Gasteiger partial charge in [0.05, 0.1) is 16.8 Å². The third-order valence-corrected chi connectivity index (χ3v) is 3.22. The Morgan fingerprint density at radius 2 is 1.91 bits per heavy atom. The lowest BCUT2D eigenvalue weighted by molar-refractivity contribution is 0.0978. The second-order valence-electron chi connectivity index (χ2n) is 4.85. The van der Waals surface area contributed by atoms with E-state index in [2.05, 4.69) is 15.3 Å². The van der Waals surface area contributed by atoms with Crippen LogP contribution in [0.5, 0.6) is 5.75 Å². The lowest BCUT2D eigenvalue weighted by Crippen LogP contribution is -2.36. The van der Waals surface area contributed by atoms with Gasteiger partial charge in [-0.25, -0.2) is 4.99 Å². The topological polar surface area (TPSA) is 101 Å². The van der Waals surface area contributed by atoms with Crippen molar-refractivity contribution in [3.8, 4) is 5.75 Å². The number of aromatic nitrogens is 1. The number of hydrogen-bond acceptors (Lipinski definition) is 4. The third kappa shape index (κ3) is 3.26. The summed E-state index contributed by atoms with van der Waals surface area (Å²) >= 11 is 0. The molecule has 0 aliphatic heterocycles. The van der Waals surface area contributed by atoms with Gasteiger partial charge in [-0.15, -0.1) is 0 Å². The summed E-state index contributed by atoms with van der Waals surface area (Å²) in [5.74, 6) is -0.294. The second-order valence-corrected chi connectivity index (χ2v) is 4.85. The molecule has 0 saturated heterocycles. The fourth-order valence-electron chi connectivity index (χ4n) is 2.19. The van der Waals surface area contributed by atoms with Crippen LogP contribution < -0.4 is 11.1 Å². The Bertz CT molecular complexity index is 891. The average Bonchev–Trinajstić information content (AvgIpc) is 2.54. The van der Waals surface area contributed by atoms with Crippen molar-refractivity contribution in [2.45, 2.75) is 0 Å². The van der Waals surface area contributed by atoms with Gasteiger partial charge in [0.2, 0.25) is 5.96 Å². The summed E-state index contributed by atoms with van der Waals surface area (Å²) in [5, 5.41) is 12.7. The van der Waals surface area contributed by atoms with Gasteiger partial charge < -0.3 is 10.8 Å². The molecule has 0 fully saturated rings. The molecule has 1 heterocycles. The van der Waals surface area contributed by atoms with Crippen LogP contribution in [0, 0.1) is 0 Å². The first kappa shape index (κ1) is 14.5. The number of nitrogens with one attached hydrogen (secondary N) is 1. The summed E-state index contributed by atoms with van der Waals surface area (Å²) < 4.78 is 0. The van der Waals surface area contributed by atoms with Crippen LogP contribution in [0.15, 0.2) is 65.8 Å². The number of phenolic OH excluding ortho intramolecular Hbond substituents is 1. The fraction of sp³-hybridized carbons (Fsp3) is 0. The molecule has 0 aliphatic rings. The standard InChI is InChI=1S/C17H14N4O2/c18-17(20-11-4-2-1-3-5-11)21-16(23)14-8-9-19-15-10-12(22)6-7-13(14)15/h1-10,22H,(H3,18,20,21,23). The first-order chi connectivity index (χ1) is 11.1. The van der Waals surface area contributed by atoms with Crippen molar-refractivity contribution in [2.24, 2.45) is 10.7 Å². The van der Waals surface area contributed by atoms with Crippen LogP contribution in [-0.2, 0) is 0 Å². The van der Waals surface area contributed by atoms with Crippen molar-refractivity contribution in [2.75, 3.05) is 0 Å². The number of nitrogens with two attached hydrogens (primary N) is 1. The minimum Gasteiger partial charge on any atom is -0.508 e. The third-order valence-electron chi connectivity index (χ3n) is 3.22. The van der Waals surface area contributed by atoms with Gasteiger partial charge in [0.25, 0.3) is 5.91 Å². The number of guanidine groups is 1. The maximum Gasteiger partial charge on any atom is 0.258 e. The zero-order valence-corrected chi connectivity index (χ0v) is 12.1. The highest BCUT2D eigenvalue weighted by Crippen LogP contribution is 2.21. The van der Waals surface area contributed by atoms with Gasteiger partial charge >= 0.3 is 0 Å². The summed E-state index contributed by atoms with van der Waals surface area (Å²) in [4.78, 5) is 20.6. The highest BCUT2D eigenvalue weighted by Gasteiger charge is 2.12. The molecule has 3 rings (SSSR count). The molecule has 4 N–H and O–H groups in total. The minimum absolute atomic E-state index is 0.00457. The van der Waals surface area contributed by atoms with Crippen LogP contribution in [-0.4, -0.2) is 22.0 Å². The van der Waals surface area contributed by atoms with Crippen molar-refractivity contribution >= 4 is 28.5 Å². The Labute approximate surface area is 132 Å². The number of aliphatic imine (C=N–C) groups is 1. The number of para-hydroxylation sites is 1. The molecule has 2 aromatic carbocycles. The first-order valence-corrected chi connectivity index (χ1v) is 6.92. The molecule has 1 amide bonds. The number of hydrogen-bond donors (Lipinski definition) is 3. The van der Waals surface area contributed by atoms with Gasteiger partial charge in [-0.1, -0.05) is 18.2 Å². The average molecular weight is 306 g/mol. The Kier molecular flexibility index (Phi) is 3.88. The number of carbonyl (C=O) groups excluding carboxylic acids is 1. The van der Waals surface area contributed by atoms with E-state index in [1.165, 1.54) is 18.3 Å². The number of nitrogens with zero attached hydrogens (tertiary/aromatic N) is 2. The van der Waals surface area contributed by atoms with Crippen molar-refractivity contribution in [3.63, 3.8) is 0 Å². The molecule has 0 atom stereocenters. The van der Waals surface area contributed by atoms with Crippen molar-refractivity contribution in [1.29, 1.82) is 0 Å². The normalized spacial score (nSPS) is 11.4. The lowest BCUT2D eigenvalue weighted by Gasteiger charge is -2.07. The molecule has 0 aliphatic carbocycles. The van der Waals surface area contributed by atoms with Crippen molar-refractivity contribution < 1.29 is 9.90 Å². The molecule has 114 valence electrons. The molecule has 6 heteroatoms. The van der Waals surface area contributed by atoms with Crippen LogP contribution >= 0.6 is 0 Å². The molecule has 23 heavy (non-hydrogen) atoms. The molecule has 1 aromatic heterocycles. The largest absolute Gasteiger partial charge is 0.508 e. The number of benzene rings is 2. The van der Waals surface area contributed by atoms with E-state index in [1.54, 1.807) is 24.3 Å². The molecule has 0 unspecified atom stereocenters. The van der Waals surface area contributed by atoms with Gasteiger partial charge in [0.1, 0.15) is 5.75 Å². The van der Waals surface area contributed by atoms with E-state index < -0.39 is 0 Å². The van der Waals surface area contributed by atoms with E-state index in [-0.39, 0.29) is 17.6 Å². The van der Waals surface area contributed by atoms with E-state index in [0.29, 0.717) is 22.2 Å². The number of pyridine rings is 1. The molecule has 6 nitrogen and oxygen atoms in total. The van der Waals surface area contributed by atoms with E-state index in [9.17, 15) is 9.90 Å². The molecular weight excluding hydrogens is 292 g/mol. The Balaban J connectivity index is 1.88. The maximum atomic E-state index is 12.4. The molecule has 0 bridgehead atoms. The highest BCUT2D eigenvalue weighted by molar-refractivity contribution is 6.12. The zero-order chi connectivity index (χ0) is 16.2. The maximum absolute atomic E-state index is 12.4. The smallest absolute Gasteiger partial charge is 0.258 e. The Hall–Kier alpha value is -3.41. The number of phenols is 1. The quantitative estimate of drug-likeness (QED) is 0.499. The molecule has 3 aromatic rings. The van der Waals surface area contributed by atoms with Gasteiger partial charge in [0, 0.05) is 17.6 Å². The Morgan fingerprint density at radius 3 is 2.70 bits per heavy atom. The molecule has 0 radical (unpaired) electrons. The fourth-order valence-corrected chi connectivity index (χ4v) is 2.19. The Morgan fingerprint density at radius 1 is 1.13 bits per heavy atom. The van der Waals surface area contributed by atoms with Crippen molar-refractivity contribution in [1.82, 2.24) is 10.3 Å². The summed E-state index contributed by atoms with van der Waals surface area (Å²) in [7, 11) is 0. The number of aromatic hydroxyl groups is 1. The lowest BCUT2D eigenvalue weighted by atomic mass is 10.1. The van der Waals surface area contributed by atoms with Gasteiger partial charge in [0.15, 0.2) is 0 Å². The van der Waals surface area contributed by atoms with Crippen LogP contribution in [0.3, 0.4) is 0 Å². The van der Waals surface area contributed by atoms with E-state index in [4.69, 9.17) is 5.73 Å². The predicted molar refractivity (Wildman–Crippen MR) is 88.6 cm³/mol. The van der Waals surface area contributed by atoms with Gasteiger partial charge in [-0.05, 0) is 30.3 Å². The number of fused-ring (bicyclic) bond motifs is 1.